The van der Waals surface area contributed by atoms with E-state index < -0.39 is 5.82 Å². The molecule has 0 saturated carbocycles. The van der Waals surface area contributed by atoms with Crippen LogP contribution in [0.15, 0.2) is 39.8 Å². The van der Waals surface area contributed by atoms with Crippen LogP contribution in [0.2, 0.25) is 5.02 Å². The van der Waals surface area contributed by atoms with Crippen LogP contribution in [-0.2, 0) is 6.54 Å². The first-order chi connectivity index (χ1) is 12.5. The molecule has 0 aliphatic carbocycles. The second-order valence-electron chi connectivity index (χ2n) is 5.14. The lowest BCUT2D eigenvalue weighted by Gasteiger charge is -2.06. The van der Waals surface area contributed by atoms with Gasteiger partial charge in [-0.15, -0.1) is 23.5 Å². The predicted octanol–water partition coefficient (Wildman–Crippen LogP) is 4.88. The van der Waals surface area contributed by atoms with Gasteiger partial charge in [0.1, 0.15) is 10.8 Å². The average molecular weight is 429 g/mol. The average Bonchev–Trinajstić information content (AvgIpc) is 3.24. The topological polar surface area (TPSA) is 59.8 Å². The standard InChI is InChI=1S/C16H14ClFN4OS3/c1-24-15-13(16(25-2)26-21-15)14(23)20-9-6-19-22(7-9)8-10-11(17)4-3-5-12(10)18/h3-7H,8H2,1-2H3,(H,20,23). The molecule has 5 nitrogen and oxygen atoms in total. The van der Waals surface area contributed by atoms with Gasteiger partial charge in [-0.3, -0.25) is 9.48 Å². The predicted molar refractivity (Wildman–Crippen MR) is 106 cm³/mol. The van der Waals surface area contributed by atoms with E-state index in [9.17, 15) is 9.18 Å². The minimum Gasteiger partial charge on any atom is -0.319 e. The number of carbonyl (C=O) groups is 1. The highest BCUT2D eigenvalue weighted by atomic mass is 35.5. The first kappa shape index (κ1) is 19.2. The van der Waals surface area contributed by atoms with Crippen molar-refractivity contribution < 1.29 is 9.18 Å². The van der Waals surface area contributed by atoms with Gasteiger partial charge in [-0.05, 0) is 36.2 Å². The van der Waals surface area contributed by atoms with Crippen LogP contribution in [0.3, 0.4) is 0 Å². The van der Waals surface area contributed by atoms with Gasteiger partial charge in [0.2, 0.25) is 0 Å². The van der Waals surface area contributed by atoms with Gasteiger partial charge < -0.3 is 5.32 Å². The summed E-state index contributed by atoms with van der Waals surface area (Å²) in [5.74, 6) is -0.631. The highest BCUT2D eigenvalue weighted by Gasteiger charge is 2.20. The van der Waals surface area contributed by atoms with Gasteiger partial charge in [0.15, 0.2) is 0 Å². The lowest BCUT2D eigenvalue weighted by molar-refractivity contribution is 0.102. The van der Waals surface area contributed by atoms with E-state index in [4.69, 9.17) is 11.6 Å². The molecule has 2 aromatic heterocycles. The summed E-state index contributed by atoms with van der Waals surface area (Å²) in [6.45, 7) is 0.174. The number of aromatic nitrogens is 3. The Morgan fingerprint density at radius 1 is 1.38 bits per heavy atom. The Labute approximate surface area is 167 Å². The summed E-state index contributed by atoms with van der Waals surface area (Å²) in [6, 6.07) is 4.53. The van der Waals surface area contributed by atoms with E-state index in [0.29, 0.717) is 26.9 Å². The molecule has 3 rings (SSSR count). The first-order valence-electron chi connectivity index (χ1n) is 7.37. The number of nitrogens with one attached hydrogen (secondary N) is 1. The Balaban J connectivity index is 1.77. The quantitative estimate of drug-likeness (QED) is 0.567. The van der Waals surface area contributed by atoms with Crippen LogP contribution in [0.1, 0.15) is 15.9 Å². The molecule has 0 aliphatic rings. The molecule has 0 bridgehead atoms. The minimum absolute atomic E-state index is 0.174. The molecule has 1 N–H and O–H groups in total. The Morgan fingerprint density at radius 2 is 2.19 bits per heavy atom. The van der Waals surface area contributed by atoms with Crippen molar-refractivity contribution in [3.05, 3.63) is 52.6 Å². The molecular weight excluding hydrogens is 415 g/mol. The third-order valence-corrected chi connectivity index (χ3v) is 6.60. The molecule has 26 heavy (non-hydrogen) atoms. The molecule has 0 radical (unpaired) electrons. The maximum atomic E-state index is 13.9. The van der Waals surface area contributed by atoms with Crippen LogP contribution in [0.4, 0.5) is 10.1 Å². The summed E-state index contributed by atoms with van der Waals surface area (Å²) in [7, 11) is 0. The molecule has 0 saturated heterocycles. The molecule has 0 spiro atoms. The number of hydrogen-bond acceptors (Lipinski definition) is 6. The Hall–Kier alpha value is -1.55. The monoisotopic (exact) mass is 428 g/mol. The molecule has 1 aromatic carbocycles. The van der Waals surface area contributed by atoms with Crippen LogP contribution < -0.4 is 5.32 Å². The number of benzene rings is 1. The van der Waals surface area contributed by atoms with Crippen molar-refractivity contribution in [2.45, 2.75) is 15.8 Å². The molecule has 0 aliphatic heterocycles. The number of nitrogens with zero attached hydrogens (tertiary/aromatic N) is 3. The molecule has 3 aromatic rings. The zero-order valence-electron chi connectivity index (χ0n) is 13.8. The van der Waals surface area contributed by atoms with E-state index in [0.717, 1.165) is 4.21 Å². The van der Waals surface area contributed by atoms with E-state index in [1.54, 1.807) is 18.3 Å². The number of anilines is 1. The molecule has 1 amide bonds. The summed E-state index contributed by atoms with van der Waals surface area (Å²) < 4.78 is 20.6. The van der Waals surface area contributed by atoms with E-state index in [1.807, 2.05) is 12.5 Å². The number of rotatable bonds is 6. The third-order valence-electron chi connectivity index (χ3n) is 3.51. The molecule has 10 heteroatoms. The van der Waals surface area contributed by atoms with Crippen molar-refractivity contribution in [1.82, 2.24) is 14.2 Å². The van der Waals surface area contributed by atoms with Gasteiger partial charge in [-0.2, -0.15) is 9.47 Å². The van der Waals surface area contributed by atoms with Gasteiger partial charge in [0, 0.05) is 16.8 Å². The first-order valence-corrected chi connectivity index (χ1v) is 11.0. The maximum absolute atomic E-state index is 13.9. The van der Waals surface area contributed by atoms with E-state index in [2.05, 4.69) is 14.8 Å². The van der Waals surface area contributed by atoms with Gasteiger partial charge >= 0.3 is 0 Å². The van der Waals surface area contributed by atoms with Crippen molar-refractivity contribution in [1.29, 1.82) is 0 Å². The lowest BCUT2D eigenvalue weighted by Crippen LogP contribution is -2.12. The fraction of sp³-hybridized carbons (Fsp3) is 0.188. The highest BCUT2D eigenvalue weighted by Crippen LogP contribution is 2.33. The number of halogens is 2. The molecule has 136 valence electrons. The van der Waals surface area contributed by atoms with Crippen LogP contribution in [-0.4, -0.2) is 32.6 Å². The SMILES string of the molecule is CSc1nsc(SC)c1C(=O)Nc1cnn(Cc2c(F)cccc2Cl)c1. The van der Waals surface area contributed by atoms with Crippen molar-refractivity contribution >= 4 is 58.3 Å². The normalized spacial score (nSPS) is 10.9. The zero-order valence-corrected chi connectivity index (χ0v) is 17.0. The van der Waals surface area contributed by atoms with Gasteiger partial charge in [0.05, 0.1) is 28.2 Å². The number of thioether (sulfide) groups is 2. The molecule has 0 atom stereocenters. The van der Waals surface area contributed by atoms with Crippen molar-refractivity contribution in [2.75, 3.05) is 17.8 Å². The summed E-state index contributed by atoms with van der Waals surface area (Å²) >= 11 is 10.3. The summed E-state index contributed by atoms with van der Waals surface area (Å²) in [5, 5.41) is 8.02. The van der Waals surface area contributed by atoms with Crippen LogP contribution in [0.25, 0.3) is 0 Å². The van der Waals surface area contributed by atoms with Crippen molar-refractivity contribution in [3.8, 4) is 0 Å². The second kappa shape index (κ2) is 8.43. The molecule has 0 unspecified atom stereocenters. The Morgan fingerprint density at radius 3 is 2.88 bits per heavy atom. The second-order valence-corrected chi connectivity index (χ2v) is 8.19. The summed E-state index contributed by atoms with van der Waals surface area (Å²) in [5.41, 5.74) is 1.44. The largest absolute Gasteiger partial charge is 0.319 e. The Kier molecular flexibility index (Phi) is 6.23. The van der Waals surface area contributed by atoms with E-state index >= 15 is 0 Å². The zero-order chi connectivity index (χ0) is 18.7. The number of carbonyl (C=O) groups excluding carboxylic acids is 1. The molecular formula is C16H14ClFN4OS3. The molecule has 0 fully saturated rings. The minimum atomic E-state index is -0.392. The molecule has 2 heterocycles. The van der Waals surface area contributed by atoms with Crippen LogP contribution in [0, 0.1) is 5.82 Å². The number of hydrogen-bond donors (Lipinski definition) is 1. The Bertz CT molecular complexity index is 902. The van der Waals surface area contributed by atoms with Gasteiger partial charge in [-0.25, -0.2) is 4.39 Å². The summed E-state index contributed by atoms with van der Waals surface area (Å²) in [4.78, 5) is 12.6. The fourth-order valence-electron chi connectivity index (χ4n) is 2.28. The smallest absolute Gasteiger partial charge is 0.260 e. The number of amides is 1. The van der Waals surface area contributed by atoms with Crippen molar-refractivity contribution in [3.63, 3.8) is 0 Å². The third kappa shape index (κ3) is 4.06. The van der Waals surface area contributed by atoms with Gasteiger partial charge in [0.25, 0.3) is 5.91 Å². The maximum Gasteiger partial charge on any atom is 0.260 e. The van der Waals surface area contributed by atoms with E-state index in [1.165, 1.54) is 52.0 Å². The van der Waals surface area contributed by atoms with Crippen LogP contribution >= 0.6 is 46.7 Å². The fourth-order valence-corrected chi connectivity index (χ4v) is 4.79. The van der Waals surface area contributed by atoms with Crippen molar-refractivity contribution in [2.24, 2.45) is 0 Å². The lowest BCUT2D eigenvalue weighted by atomic mass is 10.2. The van der Waals surface area contributed by atoms with Gasteiger partial charge in [-0.1, -0.05) is 17.7 Å². The highest BCUT2D eigenvalue weighted by molar-refractivity contribution is 8.01. The van der Waals surface area contributed by atoms with E-state index in [-0.39, 0.29) is 12.5 Å². The van der Waals surface area contributed by atoms with Crippen LogP contribution in [0.5, 0.6) is 0 Å². The summed E-state index contributed by atoms with van der Waals surface area (Å²) in [6.07, 6.45) is 6.94.